The number of hydrogen-bond acceptors (Lipinski definition) is 3. The second-order valence-corrected chi connectivity index (χ2v) is 6.27. The Kier molecular flexibility index (Phi) is 2.50. The number of hydrogen-bond donors (Lipinski definition) is 1. The van der Waals surface area contributed by atoms with Crippen LogP contribution in [0.1, 0.15) is 0 Å². The number of aromatic nitrogens is 2. The van der Waals surface area contributed by atoms with Crippen LogP contribution in [0.5, 0.6) is 0 Å². The molecule has 1 N–H and O–H groups in total. The smallest absolute Gasteiger partial charge is 0.137 e. The Hall–Kier alpha value is -1.91. The topological polar surface area (TPSA) is 28.7 Å². The lowest BCUT2D eigenvalue weighted by Gasteiger charge is -1.98. The van der Waals surface area contributed by atoms with Crippen LogP contribution in [-0.4, -0.2) is 9.97 Å². The van der Waals surface area contributed by atoms with Gasteiger partial charge in [0.05, 0.1) is 0 Å². The van der Waals surface area contributed by atoms with Gasteiger partial charge >= 0.3 is 0 Å². The molecule has 4 heteroatoms. The van der Waals surface area contributed by atoms with Gasteiger partial charge in [0.25, 0.3) is 0 Å². The van der Waals surface area contributed by atoms with Gasteiger partial charge in [-0.3, -0.25) is 0 Å². The fraction of sp³-hybridized carbons (Fsp3) is 0. The first kappa shape index (κ1) is 11.0. The van der Waals surface area contributed by atoms with Crippen molar-refractivity contribution in [3.8, 4) is 20.2 Å². The molecule has 19 heavy (non-hydrogen) atoms. The first-order valence-corrected chi connectivity index (χ1v) is 7.67. The van der Waals surface area contributed by atoms with Crippen LogP contribution in [-0.2, 0) is 0 Å². The second kappa shape index (κ2) is 4.33. The molecule has 2 nitrogen and oxygen atoms in total. The number of rotatable bonds is 2. The first-order valence-electron chi connectivity index (χ1n) is 5.98. The van der Waals surface area contributed by atoms with Crippen molar-refractivity contribution in [3.05, 3.63) is 54.2 Å². The Labute approximate surface area is 118 Å². The molecule has 0 atom stereocenters. The maximum Gasteiger partial charge on any atom is 0.137 e. The van der Waals surface area contributed by atoms with Gasteiger partial charge in [-0.05, 0) is 35.7 Å². The van der Waals surface area contributed by atoms with Crippen molar-refractivity contribution in [1.82, 2.24) is 9.97 Å². The molecule has 0 saturated carbocycles. The standard InChI is InChI=1S/C15H10N2S2/c1-2-13(18-9-1)14-4-3-12(19-14)10-5-7-16-15-11(10)6-8-17-15/h1-9H,(H,16,17). The third-order valence-electron chi connectivity index (χ3n) is 3.10. The third kappa shape index (κ3) is 1.80. The van der Waals surface area contributed by atoms with E-state index in [-0.39, 0.29) is 0 Å². The van der Waals surface area contributed by atoms with E-state index in [9.17, 15) is 0 Å². The minimum absolute atomic E-state index is 0.948. The van der Waals surface area contributed by atoms with Crippen molar-refractivity contribution in [3.63, 3.8) is 0 Å². The summed E-state index contributed by atoms with van der Waals surface area (Å²) in [6, 6.07) is 12.8. The summed E-state index contributed by atoms with van der Waals surface area (Å²) in [4.78, 5) is 11.4. The molecule has 0 spiro atoms. The molecular formula is C15H10N2S2. The van der Waals surface area contributed by atoms with Crippen molar-refractivity contribution in [2.24, 2.45) is 0 Å². The Morgan fingerprint density at radius 3 is 2.79 bits per heavy atom. The van der Waals surface area contributed by atoms with Crippen molar-refractivity contribution in [2.45, 2.75) is 0 Å². The fourth-order valence-electron chi connectivity index (χ4n) is 2.21. The molecule has 0 aliphatic rings. The van der Waals surface area contributed by atoms with Crippen molar-refractivity contribution in [2.75, 3.05) is 0 Å². The number of nitrogens with zero attached hydrogens (tertiary/aromatic N) is 1. The van der Waals surface area contributed by atoms with E-state index >= 15 is 0 Å². The molecule has 0 bridgehead atoms. The first-order chi connectivity index (χ1) is 9.42. The highest BCUT2D eigenvalue weighted by Gasteiger charge is 2.09. The fourth-order valence-corrected chi connectivity index (χ4v) is 4.09. The van der Waals surface area contributed by atoms with Gasteiger partial charge in [-0.2, -0.15) is 0 Å². The molecule has 0 fully saturated rings. The van der Waals surface area contributed by atoms with E-state index in [1.54, 1.807) is 11.3 Å². The molecular weight excluding hydrogens is 272 g/mol. The summed E-state index contributed by atoms with van der Waals surface area (Å²) in [5, 5.41) is 3.30. The number of H-pyrrole nitrogens is 1. The molecule has 4 rings (SSSR count). The molecule has 0 amide bonds. The predicted molar refractivity (Wildman–Crippen MR) is 82.7 cm³/mol. The Morgan fingerprint density at radius 2 is 1.89 bits per heavy atom. The number of pyridine rings is 1. The largest absolute Gasteiger partial charge is 0.346 e. The van der Waals surface area contributed by atoms with Crippen LogP contribution in [0.3, 0.4) is 0 Å². The molecule has 4 aromatic heterocycles. The van der Waals surface area contributed by atoms with Gasteiger partial charge in [0.1, 0.15) is 5.65 Å². The average Bonchev–Trinajstić information content (AvgIpc) is 3.18. The molecule has 0 unspecified atom stereocenters. The summed E-state index contributed by atoms with van der Waals surface area (Å²) in [5.74, 6) is 0. The maximum absolute atomic E-state index is 4.34. The third-order valence-corrected chi connectivity index (χ3v) is 5.28. The number of thiophene rings is 2. The minimum Gasteiger partial charge on any atom is -0.346 e. The zero-order valence-electron chi connectivity index (χ0n) is 9.96. The van der Waals surface area contributed by atoms with E-state index in [0.29, 0.717) is 0 Å². The molecule has 0 aliphatic carbocycles. The van der Waals surface area contributed by atoms with Gasteiger partial charge in [0, 0.05) is 38.0 Å². The van der Waals surface area contributed by atoms with Crippen LogP contribution >= 0.6 is 22.7 Å². The number of nitrogens with one attached hydrogen (secondary N) is 1. The van der Waals surface area contributed by atoms with Gasteiger partial charge in [0.2, 0.25) is 0 Å². The van der Waals surface area contributed by atoms with Crippen LogP contribution in [0.4, 0.5) is 0 Å². The summed E-state index contributed by atoms with van der Waals surface area (Å²) >= 11 is 3.61. The monoisotopic (exact) mass is 282 g/mol. The summed E-state index contributed by atoms with van der Waals surface area (Å²) in [5.41, 5.74) is 2.20. The highest BCUT2D eigenvalue weighted by Crippen LogP contribution is 2.38. The lowest BCUT2D eigenvalue weighted by Crippen LogP contribution is -1.78. The van der Waals surface area contributed by atoms with E-state index in [4.69, 9.17) is 0 Å². The van der Waals surface area contributed by atoms with Gasteiger partial charge < -0.3 is 4.98 Å². The van der Waals surface area contributed by atoms with E-state index in [1.165, 1.54) is 25.6 Å². The lowest BCUT2D eigenvalue weighted by molar-refractivity contribution is 1.33. The van der Waals surface area contributed by atoms with Crippen molar-refractivity contribution in [1.29, 1.82) is 0 Å². The Balaban J connectivity index is 1.87. The molecule has 0 aromatic carbocycles. The van der Waals surface area contributed by atoms with E-state index in [2.05, 4.69) is 51.7 Å². The van der Waals surface area contributed by atoms with Gasteiger partial charge in [-0.25, -0.2) is 4.98 Å². The normalized spacial score (nSPS) is 11.2. The molecule has 4 heterocycles. The summed E-state index contributed by atoms with van der Waals surface area (Å²) in [7, 11) is 0. The quantitative estimate of drug-likeness (QED) is 0.549. The molecule has 0 radical (unpaired) electrons. The van der Waals surface area contributed by atoms with E-state index in [0.717, 1.165) is 5.65 Å². The zero-order valence-corrected chi connectivity index (χ0v) is 11.6. The zero-order chi connectivity index (χ0) is 12.7. The van der Waals surface area contributed by atoms with E-state index in [1.807, 2.05) is 23.7 Å². The molecule has 0 saturated heterocycles. The average molecular weight is 282 g/mol. The van der Waals surface area contributed by atoms with Gasteiger partial charge in [-0.15, -0.1) is 22.7 Å². The summed E-state index contributed by atoms with van der Waals surface area (Å²) in [6.45, 7) is 0. The predicted octanol–water partition coefficient (Wildman–Crippen LogP) is 5.02. The lowest BCUT2D eigenvalue weighted by atomic mass is 10.1. The number of fused-ring (bicyclic) bond motifs is 1. The molecule has 0 aliphatic heterocycles. The Bertz CT molecular complexity index is 825. The highest BCUT2D eigenvalue weighted by molar-refractivity contribution is 7.23. The molecule has 92 valence electrons. The van der Waals surface area contributed by atoms with Crippen LogP contribution in [0.2, 0.25) is 0 Å². The van der Waals surface area contributed by atoms with Gasteiger partial charge in [-0.1, -0.05) is 6.07 Å². The maximum atomic E-state index is 4.34. The van der Waals surface area contributed by atoms with Crippen LogP contribution in [0.25, 0.3) is 31.2 Å². The Morgan fingerprint density at radius 1 is 0.947 bits per heavy atom. The van der Waals surface area contributed by atoms with E-state index < -0.39 is 0 Å². The highest BCUT2D eigenvalue weighted by atomic mass is 32.1. The summed E-state index contributed by atoms with van der Waals surface area (Å²) in [6.07, 6.45) is 3.80. The number of aromatic amines is 1. The van der Waals surface area contributed by atoms with Crippen molar-refractivity contribution < 1.29 is 0 Å². The summed E-state index contributed by atoms with van der Waals surface area (Å²) < 4.78 is 0. The molecule has 4 aromatic rings. The van der Waals surface area contributed by atoms with Crippen molar-refractivity contribution >= 4 is 33.7 Å². The minimum atomic E-state index is 0.948. The SMILES string of the molecule is c1csc(-c2ccc(-c3ccnc4[nH]ccc34)s2)c1. The van der Waals surface area contributed by atoms with Gasteiger partial charge in [0.15, 0.2) is 0 Å². The second-order valence-electron chi connectivity index (χ2n) is 4.24. The van der Waals surface area contributed by atoms with Crippen LogP contribution in [0, 0.1) is 0 Å². The van der Waals surface area contributed by atoms with Crippen LogP contribution in [0.15, 0.2) is 54.2 Å². The van der Waals surface area contributed by atoms with Crippen LogP contribution < -0.4 is 0 Å².